The summed E-state index contributed by atoms with van der Waals surface area (Å²) in [7, 11) is 0. The van der Waals surface area contributed by atoms with Crippen LogP contribution in [0, 0.1) is 0 Å². The lowest BCUT2D eigenvalue weighted by Gasteiger charge is -1.99. The van der Waals surface area contributed by atoms with E-state index in [0.29, 0.717) is 6.42 Å². The molecule has 13 heavy (non-hydrogen) atoms. The zero-order valence-electron chi connectivity index (χ0n) is 9.02. The van der Waals surface area contributed by atoms with Crippen LogP contribution in [0.5, 0.6) is 0 Å². The van der Waals surface area contributed by atoms with E-state index in [0.717, 1.165) is 19.3 Å². The Morgan fingerprint density at radius 3 is 2.23 bits per heavy atom. The first kappa shape index (κ1) is 12.2. The molecule has 0 bridgehead atoms. The summed E-state index contributed by atoms with van der Waals surface area (Å²) in [6.07, 6.45) is 5.90. The van der Waals surface area contributed by atoms with E-state index < -0.39 is 0 Å². The first-order chi connectivity index (χ1) is 6.02. The minimum atomic E-state index is 0.271. The fourth-order valence-corrected chi connectivity index (χ4v) is 1.04. The third-order valence-electron chi connectivity index (χ3n) is 1.94. The Kier molecular flexibility index (Phi) is 6.21. The fourth-order valence-electron chi connectivity index (χ4n) is 1.04. The number of hydrogen-bond acceptors (Lipinski definition) is 1. The highest BCUT2D eigenvalue weighted by Gasteiger charge is 1.94. The highest BCUT2D eigenvalue weighted by atomic mass is 16.1. The van der Waals surface area contributed by atoms with Crippen molar-refractivity contribution in [2.24, 2.45) is 0 Å². The van der Waals surface area contributed by atoms with Crippen LogP contribution in [0.4, 0.5) is 0 Å². The quantitative estimate of drug-likeness (QED) is 0.570. The Labute approximate surface area is 81.5 Å². The van der Waals surface area contributed by atoms with E-state index in [1.54, 1.807) is 6.92 Å². The molecular formula is C12H20O. The SMILES string of the molecule is C=C(C)CC/C=C(\C)CCC(C)=O. The summed E-state index contributed by atoms with van der Waals surface area (Å²) in [6, 6.07) is 0. The number of Topliss-reactive ketones (excluding diaryl/α,β-unsaturated/α-hetero) is 1. The van der Waals surface area contributed by atoms with Crippen molar-refractivity contribution in [1.29, 1.82) is 0 Å². The molecule has 0 amide bonds. The number of carbonyl (C=O) groups excluding carboxylic acids is 1. The summed E-state index contributed by atoms with van der Waals surface area (Å²) < 4.78 is 0. The predicted molar refractivity (Wildman–Crippen MR) is 57.7 cm³/mol. The molecule has 0 aromatic rings. The number of rotatable bonds is 6. The van der Waals surface area contributed by atoms with E-state index in [1.807, 2.05) is 6.92 Å². The lowest BCUT2D eigenvalue weighted by molar-refractivity contribution is -0.116. The van der Waals surface area contributed by atoms with Gasteiger partial charge < -0.3 is 4.79 Å². The zero-order valence-corrected chi connectivity index (χ0v) is 9.02. The summed E-state index contributed by atoms with van der Waals surface area (Å²) in [5, 5.41) is 0. The molecular weight excluding hydrogens is 160 g/mol. The molecule has 0 aliphatic carbocycles. The van der Waals surface area contributed by atoms with Crippen LogP contribution in [0.2, 0.25) is 0 Å². The van der Waals surface area contributed by atoms with Crippen molar-refractivity contribution in [2.75, 3.05) is 0 Å². The van der Waals surface area contributed by atoms with E-state index in [4.69, 9.17) is 0 Å². The second-order valence-electron chi connectivity index (χ2n) is 3.75. The van der Waals surface area contributed by atoms with Gasteiger partial charge in [-0.25, -0.2) is 0 Å². The first-order valence-electron chi connectivity index (χ1n) is 4.82. The number of hydrogen-bond donors (Lipinski definition) is 0. The van der Waals surface area contributed by atoms with E-state index in [1.165, 1.54) is 11.1 Å². The fraction of sp³-hybridized carbons (Fsp3) is 0.583. The smallest absolute Gasteiger partial charge is 0.130 e. The first-order valence-corrected chi connectivity index (χ1v) is 4.82. The third kappa shape index (κ3) is 9.06. The molecule has 0 saturated carbocycles. The van der Waals surface area contributed by atoms with Crippen molar-refractivity contribution in [2.45, 2.75) is 46.5 Å². The molecule has 0 unspecified atom stereocenters. The van der Waals surface area contributed by atoms with Crippen molar-refractivity contribution >= 4 is 5.78 Å². The van der Waals surface area contributed by atoms with Gasteiger partial charge >= 0.3 is 0 Å². The minimum absolute atomic E-state index is 0.271. The van der Waals surface area contributed by atoms with Gasteiger partial charge in [0, 0.05) is 6.42 Å². The van der Waals surface area contributed by atoms with Crippen LogP contribution in [0.25, 0.3) is 0 Å². The Balaban J connectivity index is 3.63. The molecule has 0 heterocycles. The van der Waals surface area contributed by atoms with Crippen LogP contribution in [-0.4, -0.2) is 5.78 Å². The molecule has 0 saturated heterocycles. The Hall–Kier alpha value is -0.850. The molecule has 0 radical (unpaired) electrons. The maximum atomic E-state index is 10.7. The average Bonchev–Trinajstić information content (AvgIpc) is 2.00. The largest absolute Gasteiger partial charge is 0.300 e. The summed E-state index contributed by atoms with van der Waals surface area (Å²) in [6.45, 7) is 9.61. The van der Waals surface area contributed by atoms with Crippen molar-refractivity contribution in [1.82, 2.24) is 0 Å². The summed E-state index contributed by atoms with van der Waals surface area (Å²) >= 11 is 0. The van der Waals surface area contributed by atoms with Crippen LogP contribution < -0.4 is 0 Å². The van der Waals surface area contributed by atoms with Gasteiger partial charge in [0.1, 0.15) is 5.78 Å². The molecule has 1 nitrogen and oxygen atoms in total. The van der Waals surface area contributed by atoms with Crippen LogP contribution in [0.15, 0.2) is 23.8 Å². The Morgan fingerprint density at radius 2 is 1.77 bits per heavy atom. The summed E-state index contributed by atoms with van der Waals surface area (Å²) in [5.74, 6) is 0.271. The van der Waals surface area contributed by atoms with Gasteiger partial charge in [0.05, 0.1) is 0 Å². The van der Waals surface area contributed by atoms with Gasteiger partial charge in [-0.15, -0.1) is 6.58 Å². The van der Waals surface area contributed by atoms with Crippen molar-refractivity contribution < 1.29 is 4.79 Å². The van der Waals surface area contributed by atoms with E-state index in [2.05, 4.69) is 19.6 Å². The number of allylic oxidation sites excluding steroid dienone is 3. The molecule has 0 aromatic heterocycles. The topological polar surface area (TPSA) is 17.1 Å². The van der Waals surface area contributed by atoms with Crippen molar-refractivity contribution in [3.05, 3.63) is 23.8 Å². The predicted octanol–water partition coefficient (Wildman–Crippen LogP) is 3.66. The zero-order chi connectivity index (χ0) is 10.3. The Bertz CT molecular complexity index is 211. The highest BCUT2D eigenvalue weighted by Crippen LogP contribution is 2.08. The van der Waals surface area contributed by atoms with Crippen LogP contribution in [0.3, 0.4) is 0 Å². The van der Waals surface area contributed by atoms with Gasteiger partial charge in [0.25, 0.3) is 0 Å². The molecule has 0 aliphatic rings. The molecule has 74 valence electrons. The lowest BCUT2D eigenvalue weighted by atomic mass is 10.1. The van der Waals surface area contributed by atoms with Gasteiger partial charge in [-0.05, 0) is 40.0 Å². The number of carbonyl (C=O) groups is 1. The number of ketones is 1. The van der Waals surface area contributed by atoms with Crippen molar-refractivity contribution in [3.63, 3.8) is 0 Å². The van der Waals surface area contributed by atoms with Gasteiger partial charge in [0.2, 0.25) is 0 Å². The molecule has 0 atom stereocenters. The maximum absolute atomic E-state index is 10.7. The second-order valence-corrected chi connectivity index (χ2v) is 3.75. The average molecular weight is 180 g/mol. The maximum Gasteiger partial charge on any atom is 0.130 e. The monoisotopic (exact) mass is 180 g/mol. The summed E-state index contributed by atoms with van der Waals surface area (Å²) in [5.41, 5.74) is 2.53. The molecule has 0 aliphatic heterocycles. The van der Waals surface area contributed by atoms with Crippen LogP contribution in [-0.2, 0) is 4.79 Å². The van der Waals surface area contributed by atoms with Gasteiger partial charge in [-0.3, -0.25) is 0 Å². The summed E-state index contributed by atoms with van der Waals surface area (Å²) in [4.78, 5) is 10.7. The van der Waals surface area contributed by atoms with Crippen molar-refractivity contribution in [3.8, 4) is 0 Å². The third-order valence-corrected chi connectivity index (χ3v) is 1.94. The van der Waals surface area contributed by atoms with Gasteiger partial charge in [-0.1, -0.05) is 17.2 Å². The standard InChI is InChI=1S/C12H20O/c1-10(2)6-5-7-11(3)8-9-12(4)13/h7H,1,5-6,8-9H2,2-4H3/b11-7+. The van der Waals surface area contributed by atoms with Gasteiger partial charge in [0.15, 0.2) is 0 Å². The van der Waals surface area contributed by atoms with Gasteiger partial charge in [-0.2, -0.15) is 0 Å². The molecule has 0 spiro atoms. The highest BCUT2D eigenvalue weighted by molar-refractivity contribution is 5.75. The molecule has 0 N–H and O–H groups in total. The van der Waals surface area contributed by atoms with E-state index in [-0.39, 0.29) is 5.78 Å². The minimum Gasteiger partial charge on any atom is -0.300 e. The Morgan fingerprint density at radius 1 is 1.15 bits per heavy atom. The molecule has 0 aromatic carbocycles. The van der Waals surface area contributed by atoms with E-state index in [9.17, 15) is 4.79 Å². The molecule has 0 fully saturated rings. The normalized spacial score (nSPS) is 11.5. The molecule has 0 rings (SSSR count). The van der Waals surface area contributed by atoms with E-state index >= 15 is 0 Å². The van der Waals surface area contributed by atoms with Crippen LogP contribution >= 0.6 is 0 Å². The van der Waals surface area contributed by atoms with Crippen LogP contribution in [0.1, 0.15) is 46.5 Å². The molecule has 1 heteroatoms. The lowest BCUT2D eigenvalue weighted by Crippen LogP contribution is -1.89. The second kappa shape index (κ2) is 6.64.